The van der Waals surface area contributed by atoms with Crippen LogP contribution >= 0.6 is 0 Å². The maximum Gasteiger partial charge on any atom is 0.0950 e. The largest absolute Gasteiger partial charge is 0.286 e. The van der Waals surface area contributed by atoms with Gasteiger partial charge in [0.1, 0.15) is 0 Å². The van der Waals surface area contributed by atoms with Crippen molar-refractivity contribution < 1.29 is 4.21 Å². The molecular formula is C8H15N3OS. The number of nitrogens with zero attached hydrogens (tertiary/aromatic N) is 3. The average molecular weight is 201 g/mol. The van der Waals surface area contributed by atoms with Crippen LogP contribution in [0.2, 0.25) is 0 Å². The summed E-state index contributed by atoms with van der Waals surface area (Å²) in [6.45, 7) is 5.19. The normalized spacial score (nSPS) is 25.0. The van der Waals surface area contributed by atoms with E-state index in [1.807, 2.05) is 11.2 Å². The first-order valence-corrected chi connectivity index (χ1v) is 5.89. The summed E-state index contributed by atoms with van der Waals surface area (Å²) >= 11 is 0. The van der Waals surface area contributed by atoms with Gasteiger partial charge in [0.15, 0.2) is 0 Å². The maximum absolute atomic E-state index is 11.1. The number of hydrogen-bond acceptors (Lipinski definition) is 3. The average Bonchev–Trinajstić information content (AvgIpc) is 2.17. The summed E-state index contributed by atoms with van der Waals surface area (Å²) in [4.78, 5) is 2.11. The van der Waals surface area contributed by atoms with Crippen molar-refractivity contribution in [3.8, 4) is 6.07 Å². The Hall–Kier alpha value is -0.440. The van der Waals surface area contributed by atoms with Crippen LogP contribution < -0.4 is 0 Å². The lowest BCUT2D eigenvalue weighted by Crippen LogP contribution is -2.49. The molecule has 1 heterocycles. The molecule has 1 aliphatic heterocycles. The molecule has 74 valence electrons. The molecule has 2 unspecified atom stereocenters. The first kappa shape index (κ1) is 10.6. The van der Waals surface area contributed by atoms with E-state index in [-0.39, 0.29) is 6.04 Å². The van der Waals surface area contributed by atoms with Gasteiger partial charge in [-0.1, -0.05) is 0 Å². The molecule has 0 aromatic rings. The summed E-state index contributed by atoms with van der Waals surface area (Å²) in [7, 11) is -0.858. The second kappa shape index (κ2) is 4.70. The van der Waals surface area contributed by atoms with Crippen LogP contribution in [0.1, 0.15) is 6.92 Å². The zero-order valence-corrected chi connectivity index (χ0v) is 8.88. The Labute approximate surface area is 81.7 Å². The molecular weight excluding hydrogens is 186 g/mol. The van der Waals surface area contributed by atoms with Crippen molar-refractivity contribution in [2.24, 2.45) is 0 Å². The highest BCUT2D eigenvalue weighted by atomic mass is 32.2. The van der Waals surface area contributed by atoms with Crippen LogP contribution in [0.4, 0.5) is 0 Å². The molecule has 1 aliphatic rings. The fourth-order valence-electron chi connectivity index (χ4n) is 1.43. The fourth-order valence-corrected chi connectivity index (χ4v) is 2.11. The SMILES string of the molecule is CC(C#N)N1CCN(S(C)=O)CC1. The van der Waals surface area contributed by atoms with Crippen LogP contribution in [0.3, 0.4) is 0 Å². The predicted molar refractivity (Wildman–Crippen MR) is 52.3 cm³/mol. The quantitative estimate of drug-likeness (QED) is 0.622. The molecule has 0 aromatic heterocycles. The summed E-state index contributed by atoms with van der Waals surface area (Å²) < 4.78 is 13.0. The van der Waals surface area contributed by atoms with Crippen molar-refractivity contribution in [3.05, 3.63) is 0 Å². The van der Waals surface area contributed by atoms with Gasteiger partial charge in [-0.2, -0.15) is 5.26 Å². The van der Waals surface area contributed by atoms with Crippen LogP contribution in [0.5, 0.6) is 0 Å². The van der Waals surface area contributed by atoms with Crippen LogP contribution in [0, 0.1) is 11.3 Å². The van der Waals surface area contributed by atoms with E-state index < -0.39 is 11.0 Å². The van der Waals surface area contributed by atoms with Gasteiger partial charge in [-0.15, -0.1) is 0 Å². The van der Waals surface area contributed by atoms with Crippen molar-refractivity contribution in [1.82, 2.24) is 9.21 Å². The molecule has 1 fully saturated rings. The van der Waals surface area contributed by atoms with E-state index in [0.717, 1.165) is 26.2 Å². The van der Waals surface area contributed by atoms with Crippen LogP contribution in [-0.2, 0) is 11.0 Å². The zero-order valence-electron chi connectivity index (χ0n) is 8.06. The minimum absolute atomic E-state index is 0.0209. The van der Waals surface area contributed by atoms with Gasteiger partial charge in [-0.05, 0) is 6.92 Å². The van der Waals surface area contributed by atoms with E-state index >= 15 is 0 Å². The monoisotopic (exact) mass is 201 g/mol. The van der Waals surface area contributed by atoms with Crippen LogP contribution in [0.25, 0.3) is 0 Å². The van der Waals surface area contributed by atoms with Gasteiger partial charge in [-0.3, -0.25) is 4.90 Å². The van der Waals surface area contributed by atoms with Crippen LogP contribution in [0.15, 0.2) is 0 Å². The first-order chi connectivity index (χ1) is 6.15. The number of nitriles is 1. The third-order valence-corrected chi connectivity index (χ3v) is 3.46. The minimum Gasteiger partial charge on any atom is -0.286 e. The van der Waals surface area contributed by atoms with Crippen LogP contribution in [-0.4, -0.2) is 51.9 Å². The van der Waals surface area contributed by atoms with Gasteiger partial charge in [-0.25, -0.2) is 8.51 Å². The summed E-state index contributed by atoms with van der Waals surface area (Å²) in [5.41, 5.74) is 0. The Morgan fingerprint density at radius 2 is 1.92 bits per heavy atom. The van der Waals surface area contributed by atoms with Gasteiger partial charge < -0.3 is 0 Å². The van der Waals surface area contributed by atoms with Crippen molar-refractivity contribution >= 4 is 11.0 Å². The van der Waals surface area contributed by atoms with Crippen molar-refractivity contribution in [1.29, 1.82) is 5.26 Å². The molecule has 0 aromatic carbocycles. The summed E-state index contributed by atoms with van der Waals surface area (Å²) in [6, 6.07) is 2.19. The van der Waals surface area contributed by atoms with Gasteiger partial charge in [0.2, 0.25) is 0 Å². The highest BCUT2D eigenvalue weighted by Gasteiger charge is 2.21. The summed E-state index contributed by atoms with van der Waals surface area (Å²) in [5.74, 6) is 0. The molecule has 0 radical (unpaired) electrons. The second-order valence-corrected chi connectivity index (χ2v) is 4.56. The third-order valence-electron chi connectivity index (χ3n) is 2.37. The van der Waals surface area contributed by atoms with Gasteiger partial charge >= 0.3 is 0 Å². The molecule has 0 N–H and O–H groups in total. The van der Waals surface area contributed by atoms with Gasteiger partial charge in [0.25, 0.3) is 0 Å². The second-order valence-electron chi connectivity index (χ2n) is 3.19. The lowest BCUT2D eigenvalue weighted by molar-refractivity contribution is 0.173. The van der Waals surface area contributed by atoms with E-state index in [1.54, 1.807) is 6.26 Å². The Bertz CT molecular complexity index is 230. The van der Waals surface area contributed by atoms with E-state index in [2.05, 4.69) is 11.0 Å². The Kier molecular flexibility index (Phi) is 3.85. The number of hydrogen-bond donors (Lipinski definition) is 0. The Morgan fingerprint density at radius 1 is 1.38 bits per heavy atom. The maximum atomic E-state index is 11.1. The van der Waals surface area contributed by atoms with E-state index in [4.69, 9.17) is 5.26 Å². The third kappa shape index (κ3) is 2.76. The molecule has 4 nitrogen and oxygen atoms in total. The molecule has 5 heteroatoms. The molecule has 1 rings (SSSR count). The highest BCUT2D eigenvalue weighted by Crippen LogP contribution is 2.06. The van der Waals surface area contributed by atoms with E-state index in [9.17, 15) is 4.21 Å². The molecule has 1 saturated heterocycles. The zero-order chi connectivity index (χ0) is 9.84. The summed E-state index contributed by atoms with van der Waals surface area (Å²) in [6.07, 6.45) is 1.70. The lowest BCUT2D eigenvalue weighted by Gasteiger charge is -2.34. The van der Waals surface area contributed by atoms with E-state index in [0.29, 0.717) is 0 Å². The first-order valence-electron chi connectivity index (χ1n) is 4.37. The molecule has 0 bridgehead atoms. The highest BCUT2D eigenvalue weighted by molar-refractivity contribution is 7.81. The van der Waals surface area contributed by atoms with E-state index in [1.165, 1.54) is 0 Å². The molecule has 0 amide bonds. The predicted octanol–water partition coefficient (Wildman–Crippen LogP) is -0.190. The number of piperazine rings is 1. The van der Waals surface area contributed by atoms with Crippen molar-refractivity contribution in [2.45, 2.75) is 13.0 Å². The van der Waals surface area contributed by atoms with Gasteiger partial charge in [0.05, 0.1) is 23.1 Å². The Morgan fingerprint density at radius 3 is 2.31 bits per heavy atom. The van der Waals surface area contributed by atoms with Crippen molar-refractivity contribution in [2.75, 3.05) is 32.4 Å². The summed E-state index contributed by atoms with van der Waals surface area (Å²) in [5, 5.41) is 8.70. The molecule has 2 atom stereocenters. The molecule has 13 heavy (non-hydrogen) atoms. The topological polar surface area (TPSA) is 47.3 Å². The Balaban J connectivity index is 2.40. The molecule has 0 aliphatic carbocycles. The smallest absolute Gasteiger partial charge is 0.0950 e. The molecule has 0 spiro atoms. The van der Waals surface area contributed by atoms with Crippen molar-refractivity contribution in [3.63, 3.8) is 0 Å². The fraction of sp³-hybridized carbons (Fsp3) is 0.875. The minimum atomic E-state index is -0.858. The molecule has 0 saturated carbocycles. The standard InChI is InChI=1S/C8H15N3OS/c1-8(7-9)10-3-5-11(6-4-10)13(2)12/h8H,3-6H2,1-2H3. The number of rotatable bonds is 2. The lowest BCUT2D eigenvalue weighted by atomic mass is 10.2. The van der Waals surface area contributed by atoms with Gasteiger partial charge in [0, 0.05) is 32.4 Å².